The van der Waals surface area contributed by atoms with Crippen molar-refractivity contribution in [2.24, 2.45) is 0 Å². The van der Waals surface area contributed by atoms with E-state index in [4.69, 9.17) is 13.9 Å². The number of hydrogen-bond donors (Lipinski definition) is 0. The van der Waals surface area contributed by atoms with Crippen LogP contribution in [0.3, 0.4) is 0 Å². The van der Waals surface area contributed by atoms with Crippen molar-refractivity contribution in [3.63, 3.8) is 0 Å². The Labute approximate surface area is 132 Å². The second kappa shape index (κ2) is 6.36. The fourth-order valence-corrected chi connectivity index (χ4v) is 2.23. The molecular formula is C18H15NO4. The van der Waals surface area contributed by atoms with E-state index in [2.05, 4.69) is 4.98 Å². The number of methoxy groups -OCH3 is 2. The van der Waals surface area contributed by atoms with E-state index in [1.807, 2.05) is 24.3 Å². The van der Waals surface area contributed by atoms with Gasteiger partial charge in [-0.3, -0.25) is 0 Å². The molecule has 0 atom stereocenters. The Hall–Kier alpha value is -3.08. The first kappa shape index (κ1) is 14.8. The van der Waals surface area contributed by atoms with E-state index in [1.54, 1.807) is 44.6 Å². The van der Waals surface area contributed by atoms with Crippen LogP contribution in [0.4, 0.5) is 0 Å². The molecule has 1 heterocycles. The molecule has 2 aromatic carbocycles. The van der Waals surface area contributed by atoms with Gasteiger partial charge in [-0.15, -0.1) is 0 Å². The van der Waals surface area contributed by atoms with E-state index in [0.717, 1.165) is 5.56 Å². The fourth-order valence-electron chi connectivity index (χ4n) is 2.23. The van der Waals surface area contributed by atoms with E-state index >= 15 is 0 Å². The minimum Gasteiger partial charge on any atom is -0.493 e. The first-order valence-electron chi connectivity index (χ1n) is 7.01. The highest BCUT2D eigenvalue weighted by molar-refractivity contribution is 5.78. The van der Waals surface area contributed by atoms with Gasteiger partial charge in [0.1, 0.15) is 0 Å². The third-order valence-electron chi connectivity index (χ3n) is 3.38. The molecule has 5 heteroatoms. The largest absolute Gasteiger partial charge is 0.493 e. The lowest BCUT2D eigenvalue weighted by atomic mass is 10.2. The zero-order chi connectivity index (χ0) is 16.2. The summed E-state index contributed by atoms with van der Waals surface area (Å²) in [7, 11) is 3.16. The molecule has 0 aliphatic rings. The molecule has 3 rings (SSSR count). The van der Waals surface area contributed by atoms with Crippen LogP contribution >= 0.6 is 0 Å². The number of fused-ring (bicyclic) bond motifs is 1. The van der Waals surface area contributed by atoms with Crippen molar-refractivity contribution in [2.45, 2.75) is 0 Å². The van der Waals surface area contributed by atoms with Crippen LogP contribution in [0.5, 0.6) is 11.5 Å². The number of para-hydroxylation sites is 1. The lowest BCUT2D eigenvalue weighted by Gasteiger charge is -2.07. The van der Waals surface area contributed by atoms with Gasteiger partial charge in [0.25, 0.3) is 0 Å². The Bertz CT molecular complexity index is 928. The van der Waals surface area contributed by atoms with Crippen LogP contribution in [-0.2, 0) is 0 Å². The summed E-state index contributed by atoms with van der Waals surface area (Å²) in [5.41, 5.74) is 1.08. The minimum atomic E-state index is -0.400. The van der Waals surface area contributed by atoms with Crippen LogP contribution in [0.1, 0.15) is 11.5 Å². The third-order valence-corrected chi connectivity index (χ3v) is 3.38. The topological polar surface area (TPSA) is 61.6 Å². The zero-order valence-corrected chi connectivity index (χ0v) is 12.8. The molecule has 3 aromatic rings. The van der Waals surface area contributed by atoms with Gasteiger partial charge in [-0.25, -0.2) is 9.78 Å². The molecule has 0 saturated heterocycles. The highest BCUT2D eigenvalue weighted by Crippen LogP contribution is 2.28. The average Bonchev–Trinajstić information content (AvgIpc) is 2.59. The highest BCUT2D eigenvalue weighted by Gasteiger charge is 2.05. The Morgan fingerprint density at radius 3 is 2.57 bits per heavy atom. The molecule has 116 valence electrons. The van der Waals surface area contributed by atoms with Crippen LogP contribution in [-0.4, -0.2) is 19.2 Å². The van der Waals surface area contributed by atoms with Gasteiger partial charge in [-0.05, 0) is 35.9 Å². The molecule has 0 amide bonds. The molecule has 5 nitrogen and oxygen atoms in total. The predicted octanol–water partition coefficient (Wildman–Crippen LogP) is 3.38. The van der Waals surface area contributed by atoms with Gasteiger partial charge in [-0.1, -0.05) is 18.2 Å². The number of rotatable bonds is 4. The SMILES string of the molecule is COc1ccc(C=Cc2nc3ccccc3c(=O)o2)cc1OC. The molecule has 0 aliphatic heterocycles. The molecule has 0 aliphatic carbocycles. The van der Waals surface area contributed by atoms with E-state index in [1.165, 1.54) is 0 Å². The van der Waals surface area contributed by atoms with Crippen LogP contribution < -0.4 is 15.1 Å². The third kappa shape index (κ3) is 3.08. The summed E-state index contributed by atoms with van der Waals surface area (Å²) in [5, 5.41) is 0.468. The maximum Gasteiger partial charge on any atom is 0.347 e. The highest BCUT2D eigenvalue weighted by atomic mass is 16.5. The standard InChI is InChI=1S/C18H15NO4/c1-21-15-9-7-12(11-16(15)22-2)8-10-17-19-14-6-4-3-5-13(14)18(20)23-17/h3-11H,1-2H3. The van der Waals surface area contributed by atoms with Gasteiger partial charge in [-0.2, -0.15) is 0 Å². The Balaban J connectivity index is 1.95. The molecular weight excluding hydrogens is 294 g/mol. The molecule has 0 unspecified atom stereocenters. The van der Waals surface area contributed by atoms with Crippen LogP contribution in [0.25, 0.3) is 23.1 Å². The Morgan fingerprint density at radius 2 is 1.78 bits per heavy atom. The molecule has 0 N–H and O–H groups in total. The van der Waals surface area contributed by atoms with Gasteiger partial charge >= 0.3 is 5.63 Å². The minimum absolute atomic E-state index is 0.253. The van der Waals surface area contributed by atoms with E-state index in [9.17, 15) is 4.79 Å². The first-order chi connectivity index (χ1) is 11.2. The normalized spacial score (nSPS) is 11.0. The van der Waals surface area contributed by atoms with E-state index < -0.39 is 5.63 Å². The van der Waals surface area contributed by atoms with E-state index in [0.29, 0.717) is 22.4 Å². The molecule has 0 spiro atoms. The summed E-state index contributed by atoms with van der Waals surface area (Å²) < 4.78 is 15.7. The first-order valence-corrected chi connectivity index (χ1v) is 7.01. The van der Waals surface area contributed by atoms with Crippen molar-refractivity contribution in [2.75, 3.05) is 14.2 Å². The summed E-state index contributed by atoms with van der Waals surface area (Å²) in [6.45, 7) is 0. The molecule has 1 aromatic heterocycles. The van der Waals surface area contributed by atoms with Crippen molar-refractivity contribution in [1.29, 1.82) is 0 Å². The van der Waals surface area contributed by atoms with E-state index in [-0.39, 0.29) is 5.89 Å². The monoisotopic (exact) mass is 309 g/mol. The Morgan fingerprint density at radius 1 is 1.00 bits per heavy atom. The van der Waals surface area contributed by atoms with Gasteiger partial charge < -0.3 is 13.9 Å². The van der Waals surface area contributed by atoms with Crippen molar-refractivity contribution in [1.82, 2.24) is 4.98 Å². The van der Waals surface area contributed by atoms with Crippen LogP contribution in [0.15, 0.2) is 51.7 Å². The second-order valence-corrected chi connectivity index (χ2v) is 4.80. The molecule has 0 saturated carbocycles. The zero-order valence-electron chi connectivity index (χ0n) is 12.8. The number of hydrogen-bond acceptors (Lipinski definition) is 5. The van der Waals surface area contributed by atoms with Crippen LogP contribution in [0, 0.1) is 0 Å². The molecule has 0 radical (unpaired) electrons. The smallest absolute Gasteiger partial charge is 0.347 e. The van der Waals surface area contributed by atoms with Crippen molar-refractivity contribution < 1.29 is 13.9 Å². The summed E-state index contributed by atoms with van der Waals surface area (Å²) in [6, 6.07) is 12.6. The lowest BCUT2D eigenvalue weighted by Crippen LogP contribution is -2.02. The summed E-state index contributed by atoms with van der Waals surface area (Å²) in [5.74, 6) is 1.53. The molecule has 0 fully saturated rings. The summed E-state index contributed by atoms with van der Waals surface area (Å²) >= 11 is 0. The summed E-state index contributed by atoms with van der Waals surface area (Å²) in [4.78, 5) is 16.2. The maximum atomic E-state index is 11.9. The van der Waals surface area contributed by atoms with Crippen LogP contribution in [0.2, 0.25) is 0 Å². The van der Waals surface area contributed by atoms with Crippen molar-refractivity contribution in [3.8, 4) is 11.5 Å². The summed E-state index contributed by atoms with van der Waals surface area (Å²) in [6.07, 6.45) is 3.44. The average molecular weight is 309 g/mol. The molecule has 23 heavy (non-hydrogen) atoms. The fraction of sp³-hybridized carbons (Fsp3) is 0.111. The second-order valence-electron chi connectivity index (χ2n) is 4.80. The number of nitrogens with zero attached hydrogens (tertiary/aromatic N) is 1. The quantitative estimate of drug-likeness (QED) is 0.739. The van der Waals surface area contributed by atoms with Crippen molar-refractivity contribution >= 4 is 23.1 Å². The Kier molecular flexibility index (Phi) is 4.10. The lowest BCUT2D eigenvalue weighted by molar-refractivity contribution is 0.355. The maximum absolute atomic E-state index is 11.9. The number of ether oxygens (including phenoxy) is 2. The van der Waals surface area contributed by atoms with Crippen molar-refractivity contribution in [3.05, 3.63) is 64.3 Å². The van der Waals surface area contributed by atoms with Gasteiger partial charge in [0.05, 0.1) is 25.1 Å². The van der Waals surface area contributed by atoms with Gasteiger partial charge in [0.15, 0.2) is 11.5 Å². The molecule has 0 bridgehead atoms. The number of aromatic nitrogens is 1. The number of benzene rings is 2. The van der Waals surface area contributed by atoms with Gasteiger partial charge in [0, 0.05) is 6.08 Å². The van der Waals surface area contributed by atoms with Gasteiger partial charge in [0.2, 0.25) is 5.89 Å². The predicted molar refractivity (Wildman–Crippen MR) is 88.8 cm³/mol.